The van der Waals surface area contributed by atoms with Crippen molar-refractivity contribution in [2.24, 2.45) is 9.98 Å². The van der Waals surface area contributed by atoms with E-state index in [4.69, 9.17) is 0 Å². The molecule has 0 radical (unpaired) electrons. The standard InChI is InChI=1S/C34H56N2S2/c1-3-5-7-9-11-13-15-17-19-21-27-35-29-31-23-25-33(37-31)34-26-24-32(38-34)30-36-28-22-20-18-16-14-12-10-8-6-4-2/h23-26,29-30H,3-22,27-28H2,1-2H3. The lowest BCUT2D eigenvalue weighted by Crippen LogP contribution is -1.85. The van der Waals surface area contributed by atoms with Crippen LogP contribution < -0.4 is 0 Å². The second-order valence-electron chi connectivity index (χ2n) is 10.8. The molecule has 0 spiro atoms. The number of thiophene rings is 2. The molecule has 0 saturated carbocycles. The number of unbranched alkanes of at least 4 members (excludes halogenated alkanes) is 18. The Bertz CT molecular complexity index is 778. The lowest BCUT2D eigenvalue weighted by atomic mass is 10.1. The molecule has 0 atom stereocenters. The second-order valence-corrected chi connectivity index (χ2v) is 13.1. The molecule has 0 bridgehead atoms. The van der Waals surface area contributed by atoms with Gasteiger partial charge in [-0.05, 0) is 37.1 Å². The third-order valence-electron chi connectivity index (χ3n) is 7.22. The second kappa shape index (κ2) is 23.6. The topological polar surface area (TPSA) is 24.7 Å². The molecule has 214 valence electrons. The smallest absolute Gasteiger partial charge is 0.0455 e. The molecular weight excluding hydrogens is 501 g/mol. The van der Waals surface area contributed by atoms with Crippen molar-refractivity contribution in [3.63, 3.8) is 0 Å². The largest absolute Gasteiger partial charge is 0.292 e. The van der Waals surface area contributed by atoms with Gasteiger partial charge in [-0.3, -0.25) is 9.98 Å². The van der Waals surface area contributed by atoms with E-state index < -0.39 is 0 Å². The maximum absolute atomic E-state index is 4.69. The first-order chi connectivity index (χ1) is 18.8. The molecule has 4 heteroatoms. The number of hydrogen-bond donors (Lipinski definition) is 0. The average Bonchev–Trinajstić information content (AvgIpc) is 3.60. The fraction of sp³-hybridized carbons (Fsp3) is 0.706. The Labute approximate surface area is 243 Å². The highest BCUT2D eigenvalue weighted by Gasteiger charge is 2.05. The summed E-state index contributed by atoms with van der Waals surface area (Å²) in [6.45, 7) is 6.50. The van der Waals surface area contributed by atoms with Crippen LogP contribution in [0.2, 0.25) is 0 Å². The first kappa shape index (κ1) is 32.9. The molecule has 0 N–H and O–H groups in total. The molecule has 0 amide bonds. The van der Waals surface area contributed by atoms with Gasteiger partial charge in [0.25, 0.3) is 0 Å². The van der Waals surface area contributed by atoms with E-state index in [9.17, 15) is 0 Å². The molecule has 0 fully saturated rings. The van der Waals surface area contributed by atoms with E-state index in [-0.39, 0.29) is 0 Å². The van der Waals surface area contributed by atoms with E-state index in [0.29, 0.717) is 0 Å². The Morgan fingerprint density at radius 1 is 0.447 bits per heavy atom. The summed E-state index contributed by atoms with van der Waals surface area (Å²) in [5, 5.41) is 0. The number of rotatable bonds is 25. The summed E-state index contributed by atoms with van der Waals surface area (Å²) in [5.41, 5.74) is 0. The third-order valence-corrected chi connectivity index (χ3v) is 9.45. The van der Waals surface area contributed by atoms with E-state index in [1.165, 1.54) is 148 Å². The van der Waals surface area contributed by atoms with Crippen LogP contribution in [0.15, 0.2) is 34.3 Å². The summed E-state index contributed by atoms with van der Waals surface area (Å²) in [6.07, 6.45) is 31.7. The van der Waals surface area contributed by atoms with Gasteiger partial charge in [0.1, 0.15) is 0 Å². The molecule has 2 heterocycles. The van der Waals surface area contributed by atoms with Gasteiger partial charge < -0.3 is 0 Å². The molecule has 0 saturated heterocycles. The zero-order chi connectivity index (χ0) is 26.9. The summed E-state index contributed by atoms with van der Waals surface area (Å²) < 4.78 is 0. The van der Waals surface area contributed by atoms with Crippen molar-refractivity contribution in [3.05, 3.63) is 34.0 Å². The van der Waals surface area contributed by atoms with Gasteiger partial charge in [-0.15, -0.1) is 22.7 Å². The van der Waals surface area contributed by atoms with Gasteiger partial charge in [0.05, 0.1) is 0 Å². The maximum Gasteiger partial charge on any atom is 0.0455 e. The Morgan fingerprint density at radius 2 is 0.763 bits per heavy atom. The average molecular weight is 557 g/mol. The van der Waals surface area contributed by atoms with Crippen molar-refractivity contribution in [1.82, 2.24) is 0 Å². The van der Waals surface area contributed by atoms with Crippen LogP contribution in [-0.4, -0.2) is 25.5 Å². The van der Waals surface area contributed by atoms with Crippen LogP contribution in [0.3, 0.4) is 0 Å². The van der Waals surface area contributed by atoms with Gasteiger partial charge in [0.2, 0.25) is 0 Å². The third kappa shape index (κ3) is 16.6. The minimum absolute atomic E-state index is 0.961. The zero-order valence-electron chi connectivity index (χ0n) is 24.7. The van der Waals surface area contributed by atoms with Crippen molar-refractivity contribution in [2.75, 3.05) is 13.1 Å². The van der Waals surface area contributed by atoms with Crippen LogP contribution in [0.1, 0.15) is 152 Å². The van der Waals surface area contributed by atoms with Crippen LogP contribution in [0.5, 0.6) is 0 Å². The van der Waals surface area contributed by atoms with Gasteiger partial charge in [-0.2, -0.15) is 0 Å². The van der Waals surface area contributed by atoms with Crippen molar-refractivity contribution < 1.29 is 0 Å². The molecule has 38 heavy (non-hydrogen) atoms. The SMILES string of the molecule is CCCCCCCCCCCCN=Cc1ccc(-c2ccc(C=NCCCCCCCCCCCC)s2)s1. The summed E-state index contributed by atoms with van der Waals surface area (Å²) >= 11 is 3.69. The highest BCUT2D eigenvalue weighted by atomic mass is 32.1. The molecule has 2 nitrogen and oxygen atoms in total. The molecule has 0 aromatic carbocycles. The van der Waals surface area contributed by atoms with Crippen LogP contribution in [0.4, 0.5) is 0 Å². The van der Waals surface area contributed by atoms with E-state index in [2.05, 4.69) is 60.5 Å². The normalized spacial score (nSPS) is 11.9. The predicted molar refractivity (Wildman–Crippen MR) is 176 cm³/mol. The Morgan fingerprint density at radius 3 is 1.11 bits per heavy atom. The molecule has 2 rings (SSSR count). The van der Waals surface area contributed by atoms with Crippen LogP contribution in [0.25, 0.3) is 9.75 Å². The van der Waals surface area contributed by atoms with Crippen LogP contribution in [-0.2, 0) is 0 Å². The molecule has 2 aromatic heterocycles. The minimum atomic E-state index is 0.961. The van der Waals surface area contributed by atoms with Gasteiger partial charge >= 0.3 is 0 Å². The molecule has 0 unspecified atom stereocenters. The first-order valence-electron chi connectivity index (χ1n) is 16.0. The Balaban J connectivity index is 1.52. The predicted octanol–water partition coefficient (Wildman–Crippen LogP) is 12.2. The Hall–Kier alpha value is -1.26. The van der Waals surface area contributed by atoms with Gasteiger partial charge in [-0.25, -0.2) is 0 Å². The van der Waals surface area contributed by atoms with Gasteiger partial charge in [-0.1, -0.05) is 129 Å². The van der Waals surface area contributed by atoms with Gasteiger partial charge in [0.15, 0.2) is 0 Å². The summed E-state index contributed by atoms with van der Waals surface area (Å²) in [6, 6.07) is 8.90. The fourth-order valence-electron chi connectivity index (χ4n) is 4.80. The van der Waals surface area contributed by atoms with Crippen molar-refractivity contribution in [2.45, 2.75) is 142 Å². The number of aliphatic imine (C=N–C) groups is 2. The van der Waals surface area contributed by atoms with Gasteiger partial charge in [0, 0.05) is 45.0 Å². The highest BCUT2D eigenvalue weighted by Crippen LogP contribution is 2.32. The number of hydrogen-bond acceptors (Lipinski definition) is 4. The van der Waals surface area contributed by atoms with Crippen molar-refractivity contribution in [1.29, 1.82) is 0 Å². The van der Waals surface area contributed by atoms with Crippen molar-refractivity contribution in [3.8, 4) is 9.75 Å². The van der Waals surface area contributed by atoms with E-state index >= 15 is 0 Å². The lowest BCUT2D eigenvalue weighted by molar-refractivity contribution is 0.558. The molecular formula is C34H56N2S2. The van der Waals surface area contributed by atoms with E-state index in [1.54, 1.807) is 0 Å². The first-order valence-corrected chi connectivity index (χ1v) is 17.7. The minimum Gasteiger partial charge on any atom is -0.292 e. The summed E-state index contributed by atoms with van der Waals surface area (Å²) in [4.78, 5) is 14.6. The quantitative estimate of drug-likeness (QED) is 0.0858. The Kier molecular flexibility index (Phi) is 20.5. The number of nitrogens with zero attached hydrogens (tertiary/aromatic N) is 2. The molecule has 0 aliphatic rings. The molecule has 2 aromatic rings. The zero-order valence-corrected chi connectivity index (χ0v) is 26.4. The molecule has 0 aliphatic carbocycles. The fourth-order valence-corrected chi connectivity index (χ4v) is 6.69. The maximum atomic E-state index is 4.69. The summed E-state index contributed by atoms with van der Waals surface area (Å²) in [7, 11) is 0. The monoisotopic (exact) mass is 556 g/mol. The van der Waals surface area contributed by atoms with E-state index in [0.717, 1.165) is 13.1 Å². The van der Waals surface area contributed by atoms with E-state index in [1.807, 2.05) is 22.7 Å². The lowest BCUT2D eigenvalue weighted by Gasteiger charge is -2.01. The summed E-state index contributed by atoms with van der Waals surface area (Å²) in [5.74, 6) is 0. The highest BCUT2D eigenvalue weighted by molar-refractivity contribution is 7.23. The van der Waals surface area contributed by atoms with Crippen LogP contribution >= 0.6 is 22.7 Å². The van der Waals surface area contributed by atoms with Crippen molar-refractivity contribution >= 4 is 35.1 Å². The van der Waals surface area contributed by atoms with Crippen LogP contribution in [0, 0.1) is 0 Å². The molecule has 0 aliphatic heterocycles.